The van der Waals surface area contributed by atoms with Gasteiger partial charge in [-0.25, -0.2) is 4.58 Å². The number of hydrogen-bond donors (Lipinski definition) is 1. The van der Waals surface area contributed by atoms with Gasteiger partial charge in [-0.15, -0.1) is 0 Å². The maximum Gasteiger partial charge on any atom is 0.154 e. The molecule has 1 N–H and O–H groups in total. The summed E-state index contributed by atoms with van der Waals surface area (Å²) in [5.74, 6) is 0. The first-order valence-corrected chi connectivity index (χ1v) is 5.21. The minimum absolute atomic E-state index is 1.05. The van der Waals surface area contributed by atoms with Crippen molar-refractivity contribution in [1.29, 1.82) is 0 Å². The third kappa shape index (κ3) is 7.73. The molecule has 0 aliphatic carbocycles. The van der Waals surface area contributed by atoms with Crippen molar-refractivity contribution >= 4 is 6.21 Å². The molecule has 12 heavy (non-hydrogen) atoms. The zero-order chi connectivity index (χ0) is 9.82. The molecule has 0 aromatic carbocycles. The van der Waals surface area contributed by atoms with E-state index in [-0.39, 0.29) is 0 Å². The Labute approximate surface area is 77.7 Å². The van der Waals surface area contributed by atoms with Crippen molar-refractivity contribution in [3.63, 3.8) is 0 Å². The van der Waals surface area contributed by atoms with Crippen LogP contribution >= 0.6 is 0 Å². The Morgan fingerprint density at radius 1 is 1.25 bits per heavy atom. The smallest absolute Gasteiger partial charge is 0.154 e. The van der Waals surface area contributed by atoms with Gasteiger partial charge in [0.25, 0.3) is 0 Å². The van der Waals surface area contributed by atoms with Crippen molar-refractivity contribution in [2.24, 2.45) is 0 Å². The van der Waals surface area contributed by atoms with Crippen LogP contribution in [0.5, 0.6) is 0 Å². The minimum atomic E-state index is 1.05. The Hall–Kier alpha value is -0.370. The van der Waals surface area contributed by atoms with E-state index in [0.717, 1.165) is 19.6 Å². The molecule has 0 saturated heterocycles. The molecule has 2 heteroatoms. The van der Waals surface area contributed by atoms with Crippen LogP contribution in [0.1, 0.15) is 34.6 Å². The number of rotatable bonds is 1. The van der Waals surface area contributed by atoms with Gasteiger partial charge in [-0.1, -0.05) is 27.7 Å². The van der Waals surface area contributed by atoms with Crippen LogP contribution in [0.3, 0.4) is 0 Å². The van der Waals surface area contributed by atoms with Gasteiger partial charge < -0.3 is 5.32 Å². The van der Waals surface area contributed by atoms with Crippen LogP contribution < -0.4 is 5.32 Å². The molecule has 0 atom stereocenters. The number of hydrogen-bond acceptors (Lipinski definition) is 1. The maximum atomic E-state index is 3.25. The van der Waals surface area contributed by atoms with Crippen molar-refractivity contribution in [3.05, 3.63) is 0 Å². The SMILES string of the molecule is CC.CC.CC[N+]1=CCNCC1. The van der Waals surface area contributed by atoms with Crippen LogP contribution in [0.25, 0.3) is 0 Å². The third-order valence-corrected chi connectivity index (χ3v) is 1.48. The van der Waals surface area contributed by atoms with Crippen LogP contribution in [0.2, 0.25) is 0 Å². The lowest BCUT2D eigenvalue weighted by Gasteiger charge is -2.06. The molecule has 1 heterocycles. The Morgan fingerprint density at radius 3 is 2.08 bits per heavy atom. The second kappa shape index (κ2) is 13.2. The fourth-order valence-corrected chi connectivity index (χ4v) is 0.897. The molecule has 0 spiro atoms. The van der Waals surface area contributed by atoms with Crippen LogP contribution in [0, 0.1) is 0 Å². The second-order valence-corrected chi connectivity index (χ2v) is 2.02. The lowest BCUT2D eigenvalue weighted by molar-refractivity contribution is -0.521. The maximum absolute atomic E-state index is 3.25. The topological polar surface area (TPSA) is 15.0 Å². The van der Waals surface area contributed by atoms with Crippen LogP contribution in [0.15, 0.2) is 0 Å². The van der Waals surface area contributed by atoms with Gasteiger partial charge in [0, 0.05) is 0 Å². The molecule has 1 rings (SSSR count). The second-order valence-electron chi connectivity index (χ2n) is 2.02. The largest absolute Gasteiger partial charge is 0.302 e. The summed E-state index contributed by atoms with van der Waals surface area (Å²) < 4.78 is 2.33. The van der Waals surface area contributed by atoms with Crippen LogP contribution in [-0.4, -0.2) is 37.0 Å². The molecule has 1 aliphatic rings. The Balaban J connectivity index is 0. The van der Waals surface area contributed by atoms with Gasteiger partial charge >= 0.3 is 0 Å². The number of likely N-dealkylation sites (N-methyl/N-ethyl adjacent to an activating group) is 1. The van der Waals surface area contributed by atoms with E-state index in [1.54, 1.807) is 0 Å². The Kier molecular flexibility index (Phi) is 15.6. The van der Waals surface area contributed by atoms with E-state index in [1.165, 1.54) is 6.54 Å². The van der Waals surface area contributed by atoms with E-state index in [9.17, 15) is 0 Å². The van der Waals surface area contributed by atoms with Gasteiger partial charge in [-0.05, 0) is 6.92 Å². The first-order valence-electron chi connectivity index (χ1n) is 5.21. The molecule has 0 radical (unpaired) electrons. The van der Waals surface area contributed by atoms with Gasteiger partial charge in [0.15, 0.2) is 12.8 Å². The quantitative estimate of drug-likeness (QED) is 0.597. The van der Waals surface area contributed by atoms with Gasteiger partial charge in [-0.2, -0.15) is 0 Å². The van der Waals surface area contributed by atoms with Crippen molar-refractivity contribution in [2.45, 2.75) is 34.6 Å². The van der Waals surface area contributed by atoms with E-state index in [0.29, 0.717) is 0 Å². The molecule has 0 fully saturated rings. The summed E-state index contributed by atoms with van der Waals surface area (Å²) in [6, 6.07) is 0. The van der Waals surface area contributed by atoms with E-state index >= 15 is 0 Å². The van der Waals surface area contributed by atoms with Gasteiger partial charge in [0.2, 0.25) is 0 Å². The molecule has 2 nitrogen and oxygen atoms in total. The predicted octanol–water partition coefficient (Wildman–Crippen LogP) is 1.75. The zero-order valence-electron chi connectivity index (χ0n) is 9.35. The van der Waals surface area contributed by atoms with Gasteiger partial charge in [-0.3, -0.25) is 0 Å². The molecule has 74 valence electrons. The molecular formula is C10H25N2+. The number of nitrogens with one attached hydrogen (secondary N) is 1. The summed E-state index contributed by atoms with van der Waals surface area (Å²) in [5, 5.41) is 3.25. The Bertz CT molecular complexity index is 98.0. The highest BCUT2D eigenvalue weighted by molar-refractivity contribution is 5.54. The van der Waals surface area contributed by atoms with E-state index in [4.69, 9.17) is 0 Å². The van der Waals surface area contributed by atoms with Crippen molar-refractivity contribution in [3.8, 4) is 0 Å². The van der Waals surface area contributed by atoms with Crippen LogP contribution in [-0.2, 0) is 0 Å². The molecule has 1 aliphatic heterocycles. The predicted molar refractivity (Wildman–Crippen MR) is 57.3 cm³/mol. The van der Waals surface area contributed by atoms with Gasteiger partial charge in [0.05, 0.1) is 13.1 Å². The molecular weight excluding hydrogens is 148 g/mol. The van der Waals surface area contributed by atoms with E-state index < -0.39 is 0 Å². The molecule has 0 bridgehead atoms. The fourth-order valence-electron chi connectivity index (χ4n) is 0.897. The average Bonchev–Trinajstić information content (AvgIpc) is 2.25. The normalized spacial score (nSPS) is 14.6. The summed E-state index contributed by atoms with van der Waals surface area (Å²) >= 11 is 0. The van der Waals surface area contributed by atoms with Crippen LogP contribution in [0.4, 0.5) is 0 Å². The zero-order valence-corrected chi connectivity index (χ0v) is 9.35. The highest BCUT2D eigenvalue weighted by Crippen LogP contribution is 1.76. The van der Waals surface area contributed by atoms with Crippen molar-refractivity contribution in [1.82, 2.24) is 5.32 Å². The molecule has 0 saturated carbocycles. The summed E-state index contributed by atoms with van der Waals surface area (Å²) in [7, 11) is 0. The highest BCUT2D eigenvalue weighted by atomic mass is 15.1. The van der Waals surface area contributed by atoms with Crippen molar-refractivity contribution in [2.75, 3.05) is 26.2 Å². The lowest BCUT2D eigenvalue weighted by Crippen LogP contribution is -2.35. The molecule has 0 aromatic heterocycles. The Morgan fingerprint density at radius 2 is 1.83 bits per heavy atom. The first-order chi connectivity index (χ1) is 5.93. The summed E-state index contributed by atoms with van der Waals surface area (Å²) in [6.07, 6.45) is 2.21. The van der Waals surface area contributed by atoms with E-state index in [2.05, 4.69) is 23.0 Å². The summed E-state index contributed by atoms with van der Waals surface area (Å²) in [5.41, 5.74) is 0. The minimum Gasteiger partial charge on any atom is -0.302 e. The highest BCUT2D eigenvalue weighted by Gasteiger charge is 2.03. The standard InChI is InChI=1S/C6H13N2.2C2H6/c1-2-8-5-3-7-4-6-8;2*1-2/h5,7H,2-4,6H2,1H3;2*1-2H3/q+1;;. The first kappa shape index (κ1) is 14.2. The summed E-state index contributed by atoms with van der Waals surface area (Å²) in [6.45, 7) is 14.7. The fraction of sp³-hybridized carbons (Fsp3) is 0.900. The van der Waals surface area contributed by atoms with Gasteiger partial charge in [0.1, 0.15) is 6.54 Å². The summed E-state index contributed by atoms with van der Waals surface area (Å²) in [4.78, 5) is 0. The lowest BCUT2D eigenvalue weighted by atomic mass is 10.4. The molecule has 0 unspecified atom stereocenters. The molecule has 0 aromatic rings. The average molecular weight is 173 g/mol. The number of nitrogens with zero attached hydrogens (tertiary/aromatic N) is 1. The van der Waals surface area contributed by atoms with Crippen molar-refractivity contribution < 1.29 is 4.58 Å². The monoisotopic (exact) mass is 173 g/mol. The van der Waals surface area contributed by atoms with E-state index in [1.807, 2.05) is 27.7 Å². The molecule has 0 amide bonds. The third-order valence-electron chi connectivity index (χ3n) is 1.48.